The molecule has 0 spiro atoms. The Morgan fingerprint density at radius 1 is 1.33 bits per heavy atom. The minimum absolute atomic E-state index is 0.0760. The van der Waals surface area contributed by atoms with E-state index in [1.54, 1.807) is 20.0 Å². The van der Waals surface area contributed by atoms with E-state index in [0.717, 1.165) is 11.8 Å². The third-order valence-electron chi connectivity index (χ3n) is 2.58. The van der Waals surface area contributed by atoms with E-state index in [1.807, 2.05) is 19.1 Å². The van der Waals surface area contributed by atoms with Gasteiger partial charge in [0.25, 0.3) is 5.91 Å². The van der Waals surface area contributed by atoms with Crippen LogP contribution in [0.25, 0.3) is 0 Å². The second kappa shape index (κ2) is 5.91. The molecule has 0 saturated heterocycles. The molecule has 0 aliphatic heterocycles. The van der Waals surface area contributed by atoms with Crippen LogP contribution in [0.3, 0.4) is 0 Å². The van der Waals surface area contributed by atoms with Gasteiger partial charge in [-0.1, -0.05) is 12.2 Å². The number of benzene rings is 1. The van der Waals surface area contributed by atoms with Gasteiger partial charge in [0.1, 0.15) is 11.5 Å². The van der Waals surface area contributed by atoms with Crippen molar-refractivity contribution < 1.29 is 15.0 Å². The molecule has 2 N–H and O–H groups in total. The molecule has 18 heavy (non-hydrogen) atoms. The van der Waals surface area contributed by atoms with Crippen LogP contribution >= 0.6 is 0 Å². The Balaban J connectivity index is 3.00. The molecule has 4 nitrogen and oxygen atoms in total. The van der Waals surface area contributed by atoms with E-state index < -0.39 is 0 Å². The van der Waals surface area contributed by atoms with Crippen molar-refractivity contribution in [3.8, 4) is 11.5 Å². The Labute approximate surface area is 106 Å². The van der Waals surface area contributed by atoms with Crippen LogP contribution in [0.2, 0.25) is 0 Å². The molecule has 0 unspecified atom stereocenters. The van der Waals surface area contributed by atoms with Crippen LogP contribution in [0, 0.1) is 0 Å². The minimum Gasteiger partial charge on any atom is -0.508 e. The van der Waals surface area contributed by atoms with Crippen molar-refractivity contribution in [3.05, 3.63) is 47.7 Å². The first-order valence-corrected chi connectivity index (χ1v) is 5.57. The van der Waals surface area contributed by atoms with Gasteiger partial charge in [0, 0.05) is 18.8 Å². The largest absolute Gasteiger partial charge is 0.508 e. The van der Waals surface area contributed by atoms with E-state index in [0.29, 0.717) is 0 Å². The lowest BCUT2D eigenvalue weighted by atomic mass is 10.1. The zero-order chi connectivity index (χ0) is 13.7. The highest BCUT2D eigenvalue weighted by Gasteiger charge is 2.16. The van der Waals surface area contributed by atoms with Gasteiger partial charge in [-0.2, -0.15) is 0 Å². The summed E-state index contributed by atoms with van der Waals surface area (Å²) in [6.07, 6.45) is 5.49. The number of allylic oxidation sites excluding steroid dienone is 4. The number of amides is 1. The molecule has 0 radical (unpaired) electrons. The Bertz CT molecular complexity index is 504. The lowest BCUT2D eigenvalue weighted by molar-refractivity contribution is 0.0833. The molecule has 0 fully saturated rings. The zero-order valence-electron chi connectivity index (χ0n) is 10.7. The van der Waals surface area contributed by atoms with E-state index in [4.69, 9.17) is 0 Å². The molecule has 1 rings (SSSR count). The summed E-state index contributed by atoms with van der Waals surface area (Å²) >= 11 is 0. The first-order chi connectivity index (χ1) is 8.47. The van der Waals surface area contributed by atoms with Crippen molar-refractivity contribution in [2.75, 3.05) is 7.05 Å². The molecular formula is C14H17NO3. The van der Waals surface area contributed by atoms with Gasteiger partial charge in [-0.25, -0.2) is 0 Å². The Morgan fingerprint density at radius 3 is 2.56 bits per heavy atom. The van der Waals surface area contributed by atoms with Gasteiger partial charge < -0.3 is 15.1 Å². The summed E-state index contributed by atoms with van der Waals surface area (Å²) in [4.78, 5) is 13.5. The predicted octanol–water partition coefficient (Wildman–Crippen LogP) is 2.65. The van der Waals surface area contributed by atoms with Crippen LogP contribution in [0.4, 0.5) is 0 Å². The third kappa shape index (κ3) is 3.13. The fraction of sp³-hybridized carbons (Fsp3) is 0.214. The van der Waals surface area contributed by atoms with Gasteiger partial charge >= 0.3 is 0 Å². The van der Waals surface area contributed by atoms with E-state index >= 15 is 0 Å². The standard InChI is InChI=1S/C14H17NO3/c1-4-5-6-10(2)15(3)14(18)12-8-7-11(16)9-13(12)17/h4-9,16-17H,1-3H3. The molecule has 1 aromatic carbocycles. The molecule has 0 saturated carbocycles. The zero-order valence-corrected chi connectivity index (χ0v) is 10.7. The van der Waals surface area contributed by atoms with Crippen molar-refractivity contribution >= 4 is 5.91 Å². The highest BCUT2D eigenvalue weighted by Crippen LogP contribution is 2.24. The fourth-order valence-electron chi connectivity index (χ4n) is 1.39. The monoisotopic (exact) mass is 247 g/mol. The van der Waals surface area contributed by atoms with Crippen LogP contribution in [0.15, 0.2) is 42.1 Å². The first kappa shape index (κ1) is 13.8. The van der Waals surface area contributed by atoms with Gasteiger partial charge in [-0.3, -0.25) is 4.79 Å². The summed E-state index contributed by atoms with van der Waals surface area (Å²) in [5, 5.41) is 18.8. The Kier molecular flexibility index (Phi) is 4.54. The number of hydrogen-bond donors (Lipinski definition) is 2. The number of phenolic OH excluding ortho intramolecular Hbond substituents is 2. The number of carbonyl (C=O) groups excluding carboxylic acids is 1. The molecular weight excluding hydrogens is 230 g/mol. The predicted molar refractivity (Wildman–Crippen MR) is 70.4 cm³/mol. The maximum atomic E-state index is 12.1. The van der Waals surface area contributed by atoms with E-state index in [-0.39, 0.29) is 23.0 Å². The third-order valence-corrected chi connectivity index (χ3v) is 2.58. The maximum absolute atomic E-state index is 12.1. The quantitative estimate of drug-likeness (QED) is 0.807. The molecule has 0 aliphatic carbocycles. The number of aromatic hydroxyl groups is 2. The summed E-state index contributed by atoms with van der Waals surface area (Å²) in [7, 11) is 1.63. The van der Waals surface area contributed by atoms with Crippen LogP contribution in [-0.2, 0) is 0 Å². The molecule has 96 valence electrons. The normalized spacial score (nSPS) is 11.8. The number of hydrogen-bond acceptors (Lipinski definition) is 3. The number of nitrogens with zero attached hydrogens (tertiary/aromatic N) is 1. The molecule has 0 bridgehead atoms. The molecule has 0 atom stereocenters. The number of phenols is 2. The van der Waals surface area contributed by atoms with Crippen LogP contribution in [0.5, 0.6) is 11.5 Å². The number of rotatable bonds is 3. The summed E-state index contributed by atoms with van der Waals surface area (Å²) < 4.78 is 0. The minimum atomic E-state index is -0.328. The molecule has 0 heterocycles. The highest BCUT2D eigenvalue weighted by atomic mass is 16.3. The van der Waals surface area contributed by atoms with Crippen LogP contribution in [-0.4, -0.2) is 28.1 Å². The molecule has 0 aromatic heterocycles. The second-order valence-electron chi connectivity index (χ2n) is 3.90. The SMILES string of the molecule is CC=CC=C(C)N(C)C(=O)c1ccc(O)cc1O. The van der Waals surface area contributed by atoms with Crippen LogP contribution < -0.4 is 0 Å². The van der Waals surface area contributed by atoms with Crippen molar-refractivity contribution in [1.29, 1.82) is 0 Å². The van der Waals surface area contributed by atoms with Crippen molar-refractivity contribution in [2.24, 2.45) is 0 Å². The van der Waals surface area contributed by atoms with E-state index in [2.05, 4.69) is 0 Å². The average molecular weight is 247 g/mol. The molecule has 1 aromatic rings. The summed E-state index contributed by atoms with van der Waals surface area (Å²) in [5.74, 6) is -0.635. The summed E-state index contributed by atoms with van der Waals surface area (Å²) in [6, 6.07) is 3.91. The van der Waals surface area contributed by atoms with Crippen LogP contribution in [0.1, 0.15) is 24.2 Å². The van der Waals surface area contributed by atoms with Crippen molar-refractivity contribution in [1.82, 2.24) is 4.90 Å². The van der Waals surface area contributed by atoms with Crippen molar-refractivity contribution in [2.45, 2.75) is 13.8 Å². The Hall–Kier alpha value is -2.23. The maximum Gasteiger partial charge on any atom is 0.261 e. The Morgan fingerprint density at radius 2 is 2.00 bits per heavy atom. The second-order valence-corrected chi connectivity index (χ2v) is 3.90. The van der Waals surface area contributed by atoms with Gasteiger partial charge in [-0.15, -0.1) is 0 Å². The first-order valence-electron chi connectivity index (χ1n) is 5.57. The van der Waals surface area contributed by atoms with E-state index in [1.165, 1.54) is 17.0 Å². The smallest absolute Gasteiger partial charge is 0.261 e. The van der Waals surface area contributed by atoms with E-state index in [9.17, 15) is 15.0 Å². The van der Waals surface area contributed by atoms with Crippen molar-refractivity contribution in [3.63, 3.8) is 0 Å². The molecule has 4 heteroatoms. The summed E-state index contributed by atoms with van der Waals surface area (Å²) in [6.45, 7) is 3.69. The van der Waals surface area contributed by atoms with Gasteiger partial charge in [0.15, 0.2) is 0 Å². The topological polar surface area (TPSA) is 60.8 Å². The molecule has 1 amide bonds. The average Bonchev–Trinajstić information content (AvgIpc) is 2.34. The molecule has 0 aliphatic rings. The highest BCUT2D eigenvalue weighted by molar-refractivity contribution is 5.97. The van der Waals surface area contributed by atoms with Gasteiger partial charge in [-0.05, 0) is 32.1 Å². The van der Waals surface area contributed by atoms with Gasteiger partial charge in [0.2, 0.25) is 0 Å². The lowest BCUT2D eigenvalue weighted by Crippen LogP contribution is -2.24. The summed E-state index contributed by atoms with van der Waals surface area (Å²) in [5.41, 5.74) is 0.911. The fourth-order valence-corrected chi connectivity index (χ4v) is 1.39. The number of carbonyl (C=O) groups is 1. The van der Waals surface area contributed by atoms with Gasteiger partial charge in [0.05, 0.1) is 5.56 Å². The lowest BCUT2D eigenvalue weighted by Gasteiger charge is -2.18.